The highest BCUT2D eigenvalue weighted by Gasteiger charge is 2.57. The topological polar surface area (TPSA) is 192 Å². The summed E-state index contributed by atoms with van der Waals surface area (Å²) in [5.74, 6) is -0.691. The molecular weight excluding hydrogens is 1620 g/mol. The Labute approximate surface area is 749 Å². The Balaban J connectivity index is 0.825. The van der Waals surface area contributed by atoms with E-state index >= 15 is 4.79 Å². The number of esters is 1. The minimum atomic E-state index is -1.58. The molecule has 16 rings (SSSR count). The van der Waals surface area contributed by atoms with Crippen LogP contribution < -0.4 is 0 Å². The Bertz CT molecular complexity index is 5130. The summed E-state index contributed by atoms with van der Waals surface area (Å²) in [6.45, 7) is 1.14. The van der Waals surface area contributed by atoms with Gasteiger partial charge in [-0.05, 0) is 79.4 Å². The molecule has 4 aliphatic heterocycles. The van der Waals surface area contributed by atoms with Crippen molar-refractivity contribution in [1.82, 2.24) is 0 Å². The molecule has 128 heavy (non-hydrogen) atoms. The van der Waals surface area contributed by atoms with Crippen LogP contribution in [-0.4, -0.2) is 143 Å². The zero-order chi connectivity index (χ0) is 86.8. The van der Waals surface area contributed by atoms with Crippen LogP contribution in [0.15, 0.2) is 376 Å². The van der Waals surface area contributed by atoms with Gasteiger partial charge in [-0.2, -0.15) is 0 Å². The van der Waals surface area contributed by atoms with Gasteiger partial charge in [-0.1, -0.05) is 352 Å². The van der Waals surface area contributed by atoms with Crippen LogP contribution >= 0.6 is 0 Å². The van der Waals surface area contributed by atoms with Crippen molar-refractivity contribution in [3.63, 3.8) is 0 Å². The summed E-state index contributed by atoms with van der Waals surface area (Å²) in [7, 11) is 0. The van der Waals surface area contributed by atoms with E-state index < -0.39 is 116 Å². The Morgan fingerprint density at radius 2 is 0.469 bits per heavy atom. The third-order valence-electron chi connectivity index (χ3n) is 22.7. The first kappa shape index (κ1) is 90.3. The minimum absolute atomic E-state index is 0.00589. The van der Waals surface area contributed by atoms with Crippen molar-refractivity contribution < 1.29 is 94.8 Å². The summed E-state index contributed by atoms with van der Waals surface area (Å²) in [5, 5.41) is 0. The van der Waals surface area contributed by atoms with Crippen molar-refractivity contribution in [3.8, 4) is 0 Å². The van der Waals surface area contributed by atoms with Gasteiger partial charge < -0.3 is 90.0 Å². The second-order valence-electron chi connectivity index (χ2n) is 32.0. The quantitative estimate of drug-likeness (QED) is 0.0327. The summed E-state index contributed by atoms with van der Waals surface area (Å²) in [5.41, 5.74) is 10.2. The van der Waals surface area contributed by atoms with E-state index in [0.29, 0.717) is 0 Å². The van der Waals surface area contributed by atoms with Gasteiger partial charge in [0.05, 0.1) is 111 Å². The van der Waals surface area contributed by atoms with E-state index in [-0.39, 0.29) is 105 Å². The molecule has 4 heterocycles. The number of carbonyl (C=O) groups is 1. The largest absolute Gasteiger partial charge is 0.493 e. The molecule has 0 N–H and O–H groups in total. The average molecular weight is 1730 g/mol. The third-order valence-corrected chi connectivity index (χ3v) is 22.7. The zero-order valence-electron chi connectivity index (χ0n) is 71.5. The molecule has 12 aromatic carbocycles. The SMILES string of the molecule is O=C(O[C@H]1[C@H](O[C@H]2[C@H](OC[C@H]3OC=C[C@@H](OCc4ccccc4)[C@@H]3OCc3ccccc3)O[C@H](CO[C@@H]3O[C@H](COCc4ccccc4)[C@@H](OCc4ccccc4)[C@H](OCc4ccccc4)[C@H]3OCc3ccccc3)[C@@H](OCc3ccccc3)[C@@H]2OCc2ccccc2)O[C@H](COCc2ccccc2)[C@@H](OCc2ccccc2)[C@@H]1OCc1ccccc1)c1ccccc1. The van der Waals surface area contributed by atoms with Crippen LogP contribution in [0, 0.1) is 0 Å². The number of carbonyl (C=O) groups excluding carboxylic acids is 1. The molecule has 662 valence electrons. The fourth-order valence-electron chi connectivity index (χ4n) is 16.1. The molecule has 0 aliphatic carbocycles. The van der Waals surface area contributed by atoms with Crippen LogP contribution in [0.1, 0.15) is 71.6 Å². The molecule has 0 unspecified atom stereocenters. The predicted molar refractivity (Wildman–Crippen MR) is 480 cm³/mol. The lowest BCUT2D eigenvalue weighted by Gasteiger charge is -2.50. The van der Waals surface area contributed by atoms with E-state index in [0.717, 1.165) is 61.2 Å². The van der Waals surface area contributed by atoms with E-state index in [9.17, 15) is 0 Å². The van der Waals surface area contributed by atoms with Gasteiger partial charge in [0.25, 0.3) is 0 Å². The lowest BCUT2D eigenvalue weighted by molar-refractivity contribution is -0.385. The summed E-state index contributed by atoms with van der Waals surface area (Å²) >= 11 is 0. The molecule has 3 fully saturated rings. The fourth-order valence-corrected chi connectivity index (χ4v) is 16.1. The molecule has 12 aromatic rings. The molecule has 0 amide bonds. The molecule has 20 heteroatoms. The molecule has 0 spiro atoms. The first-order chi connectivity index (χ1) is 63.4. The van der Waals surface area contributed by atoms with Crippen LogP contribution in [0.4, 0.5) is 0 Å². The Kier molecular flexibility index (Phi) is 34.2. The molecular formula is C108H110O20. The third kappa shape index (κ3) is 26.4. The summed E-state index contributed by atoms with van der Waals surface area (Å²) in [4.78, 5) is 15.4. The van der Waals surface area contributed by atoms with Crippen molar-refractivity contribution in [1.29, 1.82) is 0 Å². The van der Waals surface area contributed by atoms with E-state index in [1.165, 1.54) is 0 Å². The van der Waals surface area contributed by atoms with Gasteiger partial charge in [-0.25, -0.2) is 4.79 Å². The number of rotatable bonds is 45. The van der Waals surface area contributed by atoms with Gasteiger partial charge in [0.1, 0.15) is 79.4 Å². The maximum Gasteiger partial charge on any atom is 0.338 e. The molecule has 3 saturated heterocycles. The molecule has 18 atom stereocenters. The van der Waals surface area contributed by atoms with Crippen LogP contribution in [-0.2, 0) is 163 Å². The van der Waals surface area contributed by atoms with Gasteiger partial charge >= 0.3 is 5.97 Å². The molecule has 0 saturated carbocycles. The molecule has 0 bridgehead atoms. The van der Waals surface area contributed by atoms with Crippen molar-refractivity contribution in [2.24, 2.45) is 0 Å². The summed E-state index contributed by atoms with van der Waals surface area (Å²) in [6, 6.07) is 118. The van der Waals surface area contributed by atoms with Crippen LogP contribution in [0.2, 0.25) is 0 Å². The highest BCUT2D eigenvalue weighted by atomic mass is 16.8. The van der Waals surface area contributed by atoms with Crippen LogP contribution in [0.5, 0.6) is 0 Å². The van der Waals surface area contributed by atoms with Crippen molar-refractivity contribution in [2.45, 2.75) is 183 Å². The molecule has 20 nitrogen and oxygen atoms in total. The van der Waals surface area contributed by atoms with E-state index in [1.54, 1.807) is 30.5 Å². The maximum atomic E-state index is 15.4. The second-order valence-corrected chi connectivity index (χ2v) is 32.0. The molecule has 0 aromatic heterocycles. The number of hydrogen-bond acceptors (Lipinski definition) is 20. The van der Waals surface area contributed by atoms with E-state index in [4.69, 9.17) is 90.0 Å². The summed E-state index contributed by atoms with van der Waals surface area (Å²) < 4.78 is 138. The Morgan fingerprint density at radius 1 is 0.219 bits per heavy atom. The van der Waals surface area contributed by atoms with Crippen molar-refractivity contribution in [3.05, 3.63) is 443 Å². The Hall–Kier alpha value is -11.0. The first-order valence-electron chi connectivity index (χ1n) is 44.0. The molecule has 0 radical (unpaired) electrons. The minimum Gasteiger partial charge on any atom is -0.493 e. The lowest BCUT2D eigenvalue weighted by Crippen LogP contribution is -2.67. The first-order valence-corrected chi connectivity index (χ1v) is 44.0. The predicted octanol–water partition coefficient (Wildman–Crippen LogP) is 18.4. The van der Waals surface area contributed by atoms with Crippen molar-refractivity contribution >= 4 is 5.97 Å². The van der Waals surface area contributed by atoms with Crippen molar-refractivity contribution in [2.75, 3.05) is 26.4 Å². The van der Waals surface area contributed by atoms with Gasteiger partial charge in [-0.15, -0.1) is 0 Å². The second kappa shape index (κ2) is 48.4. The number of ether oxygens (including phenoxy) is 19. The van der Waals surface area contributed by atoms with Crippen LogP contribution in [0.25, 0.3) is 0 Å². The normalized spacial score (nSPS) is 24.5. The fraction of sp³-hybridized carbons (Fsp3) is 0.306. The van der Waals surface area contributed by atoms with E-state index in [2.05, 4.69) is 0 Å². The van der Waals surface area contributed by atoms with E-state index in [1.807, 2.05) is 346 Å². The maximum absolute atomic E-state index is 15.4. The lowest BCUT2D eigenvalue weighted by atomic mass is 9.95. The van der Waals surface area contributed by atoms with Gasteiger partial charge in [0.2, 0.25) is 0 Å². The molecule has 4 aliphatic rings. The number of hydrogen-bond donors (Lipinski definition) is 0. The highest BCUT2D eigenvalue weighted by Crippen LogP contribution is 2.40. The number of benzene rings is 12. The van der Waals surface area contributed by atoms with Crippen LogP contribution in [0.3, 0.4) is 0 Å². The average Bonchev–Trinajstić information content (AvgIpc) is 0.751. The van der Waals surface area contributed by atoms with Gasteiger partial charge in [0, 0.05) is 0 Å². The Morgan fingerprint density at radius 3 is 0.812 bits per heavy atom. The standard InChI is InChI=1S/C108H110O20/c109-105(89-59-35-12-36-60-89)127-104-101(120-72-87-55-31-10-32-56-87)97(116-68-83-47-23-6-24-48-83)93(75-111-64-79-39-15-2-16-40-79)126-108(104)128-103-100(119-71-86-53-29-9-30-54-86)98(117-69-84-49-25-7-26-50-84)94(125-107(103)122-76-91-95(114-66-81-43-19-4-20-44-81)90(61-62-112-91)113-65-80-41-17-3-18-42-80)77-123-106-102(121-73-88-57-33-11-34-58-88)99(118-70-85-51-27-8-28-52-85)96(115-67-82-45-21-5-22-46-82)92(124-106)74-110-63-78-37-13-1-14-38-78/h1-62,90-104,106-108H,63-77H2/t90-,91-,92-,93-,94-,95+,96-,97-,98-,99+,100+,101+,102-,103-,104-,106-,107-,108+/m1/s1. The van der Waals surface area contributed by atoms with Gasteiger partial charge in [0.15, 0.2) is 31.1 Å². The zero-order valence-corrected chi connectivity index (χ0v) is 71.5. The summed E-state index contributed by atoms with van der Waals surface area (Å²) in [6.07, 6.45) is -16.2. The monoisotopic (exact) mass is 1730 g/mol. The highest BCUT2D eigenvalue weighted by molar-refractivity contribution is 5.89. The smallest absolute Gasteiger partial charge is 0.338 e. The van der Waals surface area contributed by atoms with Gasteiger partial charge in [-0.3, -0.25) is 0 Å².